The molecule has 82 valence electrons. The van der Waals surface area contributed by atoms with E-state index < -0.39 is 0 Å². The summed E-state index contributed by atoms with van der Waals surface area (Å²) in [7, 11) is 1.89. The fourth-order valence-corrected chi connectivity index (χ4v) is 2.95. The number of carbonyl (C=O) groups excluding carboxylic acids is 1. The Kier molecular flexibility index (Phi) is 3.43. The van der Waals surface area contributed by atoms with E-state index in [0.717, 1.165) is 21.8 Å². The van der Waals surface area contributed by atoms with Gasteiger partial charge in [0.15, 0.2) is 0 Å². The van der Waals surface area contributed by atoms with Crippen molar-refractivity contribution in [1.29, 1.82) is 0 Å². The van der Waals surface area contributed by atoms with Gasteiger partial charge in [0.2, 0.25) is 5.91 Å². The van der Waals surface area contributed by atoms with E-state index in [-0.39, 0.29) is 5.91 Å². The van der Waals surface area contributed by atoms with Crippen molar-refractivity contribution in [1.82, 2.24) is 10.2 Å². The van der Waals surface area contributed by atoms with Crippen molar-refractivity contribution < 1.29 is 4.79 Å². The molecule has 0 unspecified atom stereocenters. The molecule has 0 bridgehead atoms. The molecule has 2 heterocycles. The van der Waals surface area contributed by atoms with Crippen molar-refractivity contribution in [3.63, 3.8) is 0 Å². The number of thiophene rings is 1. The number of hydrogen-bond donors (Lipinski definition) is 1. The number of rotatable bonds is 3. The molecular weight excluding hydrogens is 276 g/mol. The summed E-state index contributed by atoms with van der Waals surface area (Å²) in [6.45, 7) is 1.85. The molecule has 1 aliphatic heterocycles. The summed E-state index contributed by atoms with van der Waals surface area (Å²) >= 11 is 5.02. The van der Waals surface area contributed by atoms with Gasteiger partial charge in [0, 0.05) is 25.0 Å². The van der Waals surface area contributed by atoms with Crippen LogP contribution in [0.15, 0.2) is 15.9 Å². The topological polar surface area (TPSA) is 32.3 Å². The first-order valence-corrected chi connectivity index (χ1v) is 6.48. The van der Waals surface area contributed by atoms with Gasteiger partial charge in [-0.1, -0.05) is 0 Å². The second kappa shape index (κ2) is 4.63. The molecule has 1 fully saturated rings. The normalized spacial score (nSPS) is 16.1. The first-order chi connectivity index (χ1) is 7.16. The molecule has 1 saturated heterocycles. The van der Waals surface area contributed by atoms with Crippen LogP contribution in [-0.4, -0.2) is 37.0 Å². The maximum Gasteiger partial charge on any atom is 0.227 e. The van der Waals surface area contributed by atoms with Crippen LogP contribution in [-0.2, 0) is 11.2 Å². The molecule has 1 aromatic rings. The zero-order valence-corrected chi connectivity index (χ0v) is 10.9. The third-order valence-corrected chi connectivity index (χ3v) is 4.28. The van der Waals surface area contributed by atoms with Crippen LogP contribution in [0.25, 0.3) is 0 Å². The Bertz CT molecular complexity index is 362. The van der Waals surface area contributed by atoms with E-state index in [9.17, 15) is 4.79 Å². The molecule has 2 rings (SSSR count). The Balaban J connectivity index is 1.91. The molecule has 3 nitrogen and oxygen atoms in total. The van der Waals surface area contributed by atoms with Crippen LogP contribution >= 0.6 is 27.3 Å². The number of nitrogens with zero attached hydrogens (tertiary/aromatic N) is 1. The van der Waals surface area contributed by atoms with E-state index in [0.29, 0.717) is 12.5 Å². The molecule has 0 radical (unpaired) electrons. The van der Waals surface area contributed by atoms with Crippen LogP contribution < -0.4 is 5.32 Å². The Morgan fingerprint density at radius 3 is 2.87 bits per heavy atom. The Morgan fingerprint density at radius 2 is 2.40 bits per heavy atom. The molecular formula is C10H13BrN2OS. The molecule has 15 heavy (non-hydrogen) atoms. The Labute approximate surface area is 102 Å². The number of amides is 1. The lowest BCUT2D eigenvalue weighted by Crippen LogP contribution is -2.57. The van der Waals surface area contributed by atoms with Gasteiger partial charge in [-0.3, -0.25) is 4.79 Å². The first kappa shape index (κ1) is 11.1. The quantitative estimate of drug-likeness (QED) is 0.914. The molecule has 0 atom stereocenters. The lowest BCUT2D eigenvalue weighted by Gasteiger charge is -2.35. The lowest BCUT2D eigenvalue weighted by molar-refractivity contribution is -0.132. The summed E-state index contributed by atoms with van der Waals surface area (Å²) in [6.07, 6.45) is 0.517. The highest BCUT2D eigenvalue weighted by molar-refractivity contribution is 9.11. The summed E-state index contributed by atoms with van der Waals surface area (Å²) in [4.78, 5) is 14.8. The molecule has 0 spiro atoms. The smallest absolute Gasteiger partial charge is 0.227 e. The van der Waals surface area contributed by atoms with Gasteiger partial charge in [-0.25, -0.2) is 0 Å². The minimum Gasteiger partial charge on any atom is -0.340 e. The van der Waals surface area contributed by atoms with E-state index in [1.54, 1.807) is 11.3 Å². The van der Waals surface area contributed by atoms with Gasteiger partial charge in [-0.05, 0) is 28.1 Å². The van der Waals surface area contributed by atoms with Crippen LogP contribution in [0.2, 0.25) is 0 Å². The standard InChI is InChI=1S/C10H13BrN2OS/c1-13(7-5-12-6-7)10(14)4-8-2-3-9(11)15-8/h2-3,7,12H,4-6H2,1H3. The number of carbonyl (C=O) groups is 1. The van der Waals surface area contributed by atoms with Crippen molar-refractivity contribution in [3.8, 4) is 0 Å². The van der Waals surface area contributed by atoms with E-state index in [1.165, 1.54) is 0 Å². The van der Waals surface area contributed by atoms with Crippen molar-refractivity contribution in [2.45, 2.75) is 12.5 Å². The molecule has 1 N–H and O–H groups in total. The van der Waals surface area contributed by atoms with Gasteiger partial charge in [0.25, 0.3) is 0 Å². The summed E-state index contributed by atoms with van der Waals surface area (Å²) in [6, 6.07) is 4.37. The third kappa shape index (κ3) is 2.59. The zero-order chi connectivity index (χ0) is 10.8. The van der Waals surface area contributed by atoms with Crippen LogP contribution in [0.4, 0.5) is 0 Å². The zero-order valence-electron chi connectivity index (χ0n) is 8.50. The van der Waals surface area contributed by atoms with Crippen molar-refractivity contribution in [3.05, 3.63) is 20.8 Å². The monoisotopic (exact) mass is 288 g/mol. The summed E-state index contributed by atoms with van der Waals surface area (Å²) in [5, 5.41) is 3.17. The van der Waals surface area contributed by atoms with Gasteiger partial charge in [-0.2, -0.15) is 0 Å². The minimum atomic E-state index is 0.204. The average molecular weight is 289 g/mol. The van der Waals surface area contributed by atoms with Crippen molar-refractivity contribution in [2.75, 3.05) is 20.1 Å². The van der Waals surface area contributed by atoms with E-state index >= 15 is 0 Å². The highest BCUT2D eigenvalue weighted by Crippen LogP contribution is 2.23. The van der Waals surface area contributed by atoms with E-state index in [1.807, 2.05) is 24.1 Å². The molecule has 0 aromatic carbocycles. The second-order valence-corrected chi connectivity index (χ2v) is 6.25. The SMILES string of the molecule is CN(C(=O)Cc1ccc(Br)s1)C1CNC1. The summed E-state index contributed by atoms with van der Waals surface area (Å²) < 4.78 is 1.08. The van der Waals surface area contributed by atoms with E-state index in [2.05, 4.69) is 21.2 Å². The van der Waals surface area contributed by atoms with Gasteiger partial charge >= 0.3 is 0 Å². The lowest BCUT2D eigenvalue weighted by atomic mass is 10.1. The molecule has 1 amide bonds. The predicted molar refractivity (Wildman–Crippen MR) is 65.2 cm³/mol. The predicted octanol–water partition coefficient (Wildman–Crippen LogP) is 1.48. The van der Waals surface area contributed by atoms with Crippen LogP contribution in [0.1, 0.15) is 4.88 Å². The van der Waals surface area contributed by atoms with Crippen LogP contribution in [0.5, 0.6) is 0 Å². The fraction of sp³-hybridized carbons (Fsp3) is 0.500. The first-order valence-electron chi connectivity index (χ1n) is 4.87. The van der Waals surface area contributed by atoms with E-state index in [4.69, 9.17) is 0 Å². The number of nitrogens with one attached hydrogen (secondary N) is 1. The van der Waals surface area contributed by atoms with Crippen molar-refractivity contribution >= 4 is 33.2 Å². The third-order valence-electron chi connectivity index (χ3n) is 2.66. The fourth-order valence-electron chi connectivity index (χ4n) is 1.47. The van der Waals surface area contributed by atoms with Crippen LogP contribution in [0.3, 0.4) is 0 Å². The minimum absolute atomic E-state index is 0.204. The molecule has 1 aromatic heterocycles. The van der Waals surface area contributed by atoms with Gasteiger partial charge < -0.3 is 10.2 Å². The number of halogens is 1. The molecule has 1 aliphatic rings. The maximum atomic E-state index is 11.8. The number of likely N-dealkylation sites (N-methyl/N-ethyl adjacent to an activating group) is 1. The van der Waals surface area contributed by atoms with Crippen molar-refractivity contribution in [2.24, 2.45) is 0 Å². The Hall–Kier alpha value is -0.390. The molecule has 5 heteroatoms. The second-order valence-electron chi connectivity index (χ2n) is 3.70. The largest absolute Gasteiger partial charge is 0.340 e. The van der Waals surface area contributed by atoms with Crippen LogP contribution in [0, 0.1) is 0 Å². The molecule has 0 aliphatic carbocycles. The van der Waals surface area contributed by atoms with Gasteiger partial charge in [0.1, 0.15) is 0 Å². The number of hydrogen-bond acceptors (Lipinski definition) is 3. The highest BCUT2D eigenvalue weighted by atomic mass is 79.9. The van der Waals surface area contributed by atoms with Gasteiger partial charge in [0.05, 0.1) is 16.2 Å². The maximum absolute atomic E-state index is 11.8. The Morgan fingerprint density at radius 1 is 1.67 bits per heavy atom. The summed E-state index contributed by atoms with van der Waals surface area (Å²) in [5.74, 6) is 0.204. The molecule has 0 saturated carbocycles. The summed E-state index contributed by atoms with van der Waals surface area (Å²) in [5.41, 5.74) is 0. The highest BCUT2D eigenvalue weighted by Gasteiger charge is 2.25. The average Bonchev–Trinajstić information content (AvgIpc) is 2.48. The van der Waals surface area contributed by atoms with Gasteiger partial charge in [-0.15, -0.1) is 11.3 Å².